The molecule has 1 nitrogen and oxygen atoms in total. The molecule has 0 fully saturated rings. The van der Waals surface area contributed by atoms with Crippen molar-refractivity contribution in [2.45, 2.75) is 71.1 Å². The highest BCUT2D eigenvalue weighted by molar-refractivity contribution is 5.78. The minimum Gasteiger partial charge on any atom is -0.300 e. The zero-order valence-corrected chi connectivity index (χ0v) is 9.69. The van der Waals surface area contributed by atoms with E-state index in [0.29, 0.717) is 5.78 Å². The van der Waals surface area contributed by atoms with Crippen molar-refractivity contribution in [2.24, 2.45) is 0 Å². The molecule has 0 spiro atoms. The van der Waals surface area contributed by atoms with Gasteiger partial charge < -0.3 is 0 Å². The van der Waals surface area contributed by atoms with E-state index in [0.717, 1.165) is 32.1 Å². The first-order chi connectivity index (χ1) is 6.81. The molecular formula is C13H25O. The lowest BCUT2D eigenvalue weighted by Gasteiger charge is -2.00. The average molecular weight is 197 g/mol. The van der Waals surface area contributed by atoms with Crippen LogP contribution >= 0.6 is 0 Å². The van der Waals surface area contributed by atoms with E-state index in [2.05, 4.69) is 13.8 Å². The van der Waals surface area contributed by atoms with Gasteiger partial charge in [0.05, 0.1) is 0 Å². The lowest BCUT2D eigenvalue weighted by molar-refractivity contribution is -0.119. The Morgan fingerprint density at radius 1 is 0.929 bits per heavy atom. The Kier molecular flexibility index (Phi) is 10.5. The van der Waals surface area contributed by atoms with E-state index in [9.17, 15) is 4.79 Å². The third-order valence-corrected chi connectivity index (χ3v) is 2.51. The summed E-state index contributed by atoms with van der Waals surface area (Å²) < 4.78 is 0. The molecule has 0 rings (SSSR count). The van der Waals surface area contributed by atoms with Gasteiger partial charge in [0.15, 0.2) is 0 Å². The van der Waals surface area contributed by atoms with Gasteiger partial charge in [-0.1, -0.05) is 52.4 Å². The molecule has 0 aliphatic rings. The highest BCUT2D eigenvalue weighted by Crippen LogP contribution is 2.08. The third-order valence-electron chi connectivity index (χ3n) is 2.51. The van der Waals surface area contributed by atoms with Crippen molar-refractivity contribution in [3.8, 4) is 0 Å². The largest absolute Gasteiger partial charge is 0.300 e. The predicted molar refractivity (Wildman–Crippen MR) is 62.2 cm³/mol. The van der Waals surface area contributed by atoms with Crippen LogP contribution in [0.1, 0.15) is 71.1 Å². The van der Waals surface area contributed by atoms with E-state index < -0.39 is 0 Å². The Bertz CT molecular complexity index is 129. The van der Waals surface area contributed by atoms with Crippen LogP contribution in [0.4, 0.5) is 0 Å². The zero-order valence-electron chi connectivity index (χ0n) is 9.69. The van der Waals surface area contributed by atoms with Gasteiger partial charge in [0.1, 0.15) is 5.78 Å². The van der Waals surface area contributed by atoms with Crippen LogP contribution in [0.25, 0.3) is 0 Å². The van der Waals surface area contributed by atoms with Gasteiger partial charge in [0.25, 0.3) is 0 Å². The van der Waals surface area contributed by atoms with Gasteiger partial charge in [-0.25, -0.2) is 0 Å². The van der Waals surface area contributed by atoms with Crippen LogP contribution in [-0.4, -0.2) is 5.78 Å². The van der Waals surface area contributed by atoms with Crippen LogP contribution < -0.4 is 0 Å². The highest BCUT2D eigenvalue weighted by atomic mass is 16.1. The van der Waals surface area contributed by atoms with E-state index in [1.807, 2.05) is 0 Å². The van der Waals surface area contributed by atoms with Gasteiger partial charge in [-0.15, -0.1) is 0 Å². The van der Waals surface area contributed by atoms with Crippen LogP contribution in [0.5, 0.6) is 0 Å². The van der Waals surface area contributed by atoms with E-state index in [4.69, 9.17) is 0 Å². The van der Waals surface area contributed by atoms with Gasteiger partial charge in [0, 0.05) is 12.8 Å². The monoisotopic (exact) mass is 197 g/mol. The lowest BCUT2D eigenvalue weighted by atomic mass is 10.1. The molecule has 0 saturated carbocycles. The number of unbranched alkanes of at least 4 members (excludes halogenated alkanes) is 6. The molecule has 0 aliphatic heterocycles. The quantitative estimate of drug-likeness (QED) is 0.477. The highest BCUT2D eigenvalue weighted by Gasteiger charge is 2.00. The molecule has 0 unspecified atom stereocenters. The minimum absolute atomic E-state index is 0.434. The number of carbonyl (C=O) groups excluding carboxylic acids is 1. The maximum Gasteiger partial charge on any atom is 0.132 e. The first kappa shape index (κ1) is 13.7. The molecule has 0 aromatic heterocycles. The number of rotatable bonds is 10. The summed E-state index contributed by atoms with van der Waals surface area (Å²) in [6.45, 7) is 5.96. The van der Waals surface area contributed by atoms with Gasteiger partial charge in [0.2, 0.25) is 0 Å². The van der Waals surface area contributed by atoms with Crippen LogP contribution in [0, 0.1) is 6.92 Å². The summed E-state index contributed by atoms with van der Waals surface area (Å²) in [7, 11) is 0. The molecule has 0 aliphatic carbocycles. The predicted octanol–water partition coefficient (Wildman–Crippen LogP) is 4.31. The molecule has 0 N–H and O–H groups in total. The molecule has 0 aromatic rings. The fraction of sp³-hybridized carbons (Fsp3) is 0.846. The molecule has 83 valence electrons. The normalized spacial score (nSPS) is 10.4. The topological polar surface area (TPSA) is 17.1 Å². The molecular weight excluding hydrogens is 172 g/mol. The number of hydrogen-bond acceptors (Lipinski definition) is 1. The van der Waals surface area contributed by atoms with Crippen molar-refractivity contribution in [1.82, 2.24) is 0 Å². The number of Topliss-reactive ketones (excluding diaryl/α,β-unsaturated/α-hetero) is 1. The number of carbonyl (C=O) groups is 1. The van der Waals surface area contributed by atoms with Crippen LogP contribution in [0.3, 0.4) is 0 Å². The van der Waals surface area contributed by atoms with Gasteiger partial charge in [-0.3, -0.25) is 4.79 Å². The van der Waals surface area contributed by atoms with Gasteiger partial charge in [-0.2, -0.15) is 0 Å². The van der Waals surface area contributed by atoms with E-state index in [1.165, 1.54) is 32.1 Å². The van der Waals surface area contributed by atoms with Crippen molar-refractivity contribution >= 4 is 5.78 Å². The van der Waals surface area contributed by atoms with Crippen LogP contribution in [-0.2, 0) is 4.79 Å². The third kappa shape index (κ3) is 9.76. The lowest BCUT2D eigenvalue weighted by Crippen LogP contribution is -1.96. The molecule has 0 bridgehead atoms. The van der Waals surface area contributed by atoms with E-state index >= 15 is 0 Å². The van der Waals surface area contributed by atoms with Crippen molar-refractivity contribution < 1.29 is 4.79 Å². The summed E-state index contributed by atoms with van der Waals surface area (Å²) in [6, 6.07) is 0. The van der Waals surface area contributed by atoms with Gasteiger partial charge in [-0.05, 0) is 12.8 Å². The summed E-state index contributed by atoms with van der Waals surface area (Å²) in [5.41, 5.74) is 0. The molecule has 0 heterocycles. The molecule has 0 saturated heterocycles. The van der Waals surface area contributed by atoms with Crippen LogP contribution in [0.15, 0.2) is 0 Å². The zero-order chi connectivity index (χ0) is 10.6. The van der Waals surface area contributed by atoms with Crippen molar-refractivity contribution in [1.29, 1.82) is 0 Å². The summed E-state index contributed by atoms with van der Waals surface area (Å²) in [6.07, 6.45) is 11.0. The molecule has 0 amide bonds. The fourth-order valence-electron chi connectivity index (χ4n) is 1.55. The number of hydrogen-bond donors (Lipinski definition) is 0. The Balaban J connectivity index is 3.07. The number of ketones is 1. The second kappa shape index (κ2) is 10.7. The summed E-state index contributed by atoms with van der Waals surface area (Å²) >= 11 is 0. The van der Waals surface area contributed by atoms with Crippen molar-refractivity contribution in [3.05, 3.63) is 6.92 Å². The molecule has 1 radical (unpaired) electrons. The second-order valence-corrected chi connectivity index (χ2v) is 4.01. The standard InChI is InChI=1S/C13H25O/c1-3-5-7-8-9-10-12-13(14)11-6-4-2/h2-12H2,1H3. The SMILES string of the molecule is [CH2]CCCC(=O)CCCCCCCC. The summed E-state index contributed by atoms with van der Waals surface area (Å²) in [5.74, 6) is 0.434. The molecule has 14 heavy (non-hydrogen) atoms. The van der Waals surface area contributed by atoms with Crippen LogP contribution in [0.2, 0.25) is 0 Å². The second-order valence-electron chi connectivity index (χ2n) is 4.01. The molecule has 1 heteroatoms. The molecule has 0 aromatic carbocycles. The van der Waals surface area contributed by atoms with Gasteiger partial charge >= 0.3 is 0 Å². The smallest absolute Gasteiger partial charge is 0.132 e. The van der Waals surface area contributed by atoms with Crippen molar-refractivity contribution in [2.75, 3.05) is 0 Å². The van der Waals surface area contributed by atoms with Crippen molar-refractivity contribution in [3.63, 3.8) is 0 Å². The van der Waals surface area contributed by atoms with E-state index in [-0.39, 0.29) is 0 Å². The maximum absolute atomic E-state index is 11.3. The Hall–Kier alpha value is -0.330. The fourth-order valence-corrected chi connectivity index (χ4v) is 1.55. The Morgan fingerprint density at radius 2 is 1.50 bits per heavy atom. The first-order valence-electron chi connectivity index (χ1n) is 6.12. The average Bonchev–Trinajstić information content (AvgIpc) is 2.20. The minimum atomic E-state index is 0.434. The summed E-state index contributed by atoms with van der Waals surface area (Å²) in [5, 5.41) is 0. The van der Waals surface area contributed by atoms with E-state index in [1.54, 1.807) is 0 Å². The molecule has 0 atom stereocenters. The maximum atomic E-state index is 11.3. The Labute approximate surface area is 89.3 Å². The first-order valence-corrected chi connectivity index (χ1v) is 6.12. The Morgan fingerprint density at radius 3 is 2.14 bits per heavy atom. The summed E-state index contributed by atoms with van der Waals surface area (Å²) in [4.78, 5) is 11.3.